The van der Waals surface area contributed by atoms with E-state index in [1.54, 1.807) is 16.2 Å². The monoisotopic (exact) mass is 468 g/mol. The number of nitrogens with zero attached hydrogens (tertiary/aromatic N) is 3. The fourth-order valence-corrected chi connectivity index (χ4v) is 5.47. The molecular weight excluding hydrogens is 444 g/mol. The zero-order chi connectivity index (χ0) is 23.1. The zero-order valence-electron chi connectivity index (χ0n) is 18.8. The molecule has 1 unspecified atom stereocenters. The maximum absolute atomic E-state index is 12.8. The Kier molecular flexibility index (Phi) is 5.26. The van der Waals surface area contributed by atoms with Crippen LogP contribution in [0.15, 0.2) is 66.7 Å². The molecule has 5 aromatic rings. The number of amides is 1. The first-order valence-corrected chi connectivity index (χ1v) is 12.3. The van der Waals surface area contributed by atoms with Crippen molar-refractivity contribution < 1.29 is 9.53 Å². The lowest BCUT2D eigenvalue weighted by Crippen LogP contribution is -2.31. The molecule has 1 N–H and O–H groups in total. The second-order valence-electron chi connectivity index (χ2n) is 8.66. The van der Waals surface area contributed by atoms with E-state index in [1.165, 1.54) is 4.70 Å². The molecule has 0 bridgehead atoms. The van der Waals surface area contributed by atoms with E-state index in [0.717, 1.165) is 56.9 Å². The third kappa shape index (κ3) is 3.92. The number of aromatic amines is 1. The number of carbonyl (C=O) groups excluding carboxylic acids is 1. The second kappa shape index (κ2) is 8.57. The maximum Gasteiger partial charge on any atom is 0.410 e. The van der Waals surface area contributed by atoms with Crippen LogP contribution in [0.2, 0.25) is 0 Å². The van der Waals surface area contributed by atoms with Crippen LogP contribution >= 0.6 is 11.3 Å². The van der Waals surface area contributed by atoms with E-state index >= 15 is 0 Å². The number of likely N-dealkylation sites (tertiary alicyclic amines) is 1. The van der Waals surface area contributed by atoms with Gasteiger partial charge in [0.2, 0.25) is 0 Å². The lowest BCUT2D eigenvalue weighted by atomic mass is 10.0. The number of ether oxygens (including phenoxy) is 1. The number of nitrogens with one attached hydrogen (secondary N) is 1. The van der Waals surface area contributed by atoms with Crippen molar-refractivity contribution in [3.63, 3.8) is 0 Å². The smallest absolute Gasteiger partial charge is 0.410 e. The van der Waals surface area contributed by atoms with Crippen LogP contribution in [-0.2, 0) is 11.3 Å². The van der Waals surface area contributed by atoms with E-state index in [4.69, 9.17) is 9.72 Å². The van der Waals surface area contributed by atoms with Gasteiger partial charge in [0, 0.05) is 6.54 Å². The summed E-state index contributed by atoms with van der Waals surface area (Å²) in [4.78, 5) is 27.5. The molecule has 0 aliphatic carbocycles. The van der Waals surface area contributed by atoms with Crippen LogP contribution in [0.1, 0.15) is 35.3 Å². The van der Waals surface area contributed by atoms with Gasteiger partial charge in [0.25, 0.3) is 0 Å². The zero-order valence-corrected chi connectivity index (χ0v) is 19.6. The van der Waals surface area contributed by atoms with Crippen molar-refractivity contribution in [2.24, 2.45) is 0 Å². The SMILES string of the molecule is Cc1nc2cc(-c3ccc4nc(C5CCCN5C(=O)OCc5ccccc5)[nH]c4c3)ccc2s1. The minimum absolute atomic E-state index is 0.103. The standard InChI is InChI=1S/C27H24N4O2S/c1-17-28-23-15-20(10-12-25(23)34-17)19-9-11-21-22(14-19)30-26(29-21)24-8-5-13-31(24)27(32)33-16-18-6-3-2-4-7-18/h2-4,6-7,9-12,14-15,24H,5,8,13,16H2,1H3,(H,29,30). The van der Waals surface area contributed by atoms with Crippen LogP contribution in [0.5, 0.6) is 0 Å². The highest BCUT2D eigenvalue weighted by Gasteiger charge is 2.33. The Morgan fingerprint density at radius 1 is 1.06 bits per heavy atom. The molecule has 1 aliphatic heterocycles. The number of carbonyl (C=O) groups is 1. The van der Waals surface area contributed by atoms with Crippen LogP contribution in [-0.4, -0.2) is 32.5 Å². The largest absolute Gasteiger partial charge is 0.445 e. The molecule has 0 spiro atoms. The van der Waals surface area contributed by atoms with Crippen molar-refractivity contribution >= 4 is 38.7 Å². The first-order chi connectivity index (χ1) is 16.6. The predicted molar refractivity (Wildman–Crippen MR) is 135 cm³/mol. The van der Waals surface area contributed by atoms with Crippen LogP contribution in [0.25, 0.3) is 32.4 Å². The predicted octanol–water partition coefficient (Wildman–Crippen LogP) is 6.62. The van der Waals surface area contributed by atoms with Gasteiger partial charge < -0.3 is 9.72 Å². The van der Waals surface area contributed by atoms with Crippen LogP contribution < -0.4 is 0 Å². The molecule has 1 fully saturated rings. The quantitative estimate of drug-likeness (QED) is 0.322. The van der Waals surface area contributed by atoms with Crippen molar-refractivity contribution in [3.8, 4) is 11.1 Å². The Hall–Kier alpha value is -3.71. The lowest BCUT2D eigenvalue weighted by molar-refractivity contribution is 0.0910. The average molecular weight is 469 g/mol. The van der Waals surface area contributed by atoms with Gasteiger partial charge in [0.05, 0.1) is 32.3 Å². The number of thiazole rings is 1. The molecular formula is C27H24N4O2S. The van der Waals surface area contributed by atoms with E-state index in [9.17, 15) is 4.79 Å². The maximum atomic E-state index is 12.8. The van der Waals surface area contributed by atoms with Gasteiger partial charge in [0.15, 0.2) is 0 Å². The van der Waals surface area contributed by atoms with E-state index in [-0.39, 0.29) is 18.7 Å². The molecule has 6 nitrogen and oxygen atoms in total. The highest BCUT2D eigenvalue weighted by molar-refractivity contribution is 7.18. The summed E-state index contributed by atoms with van der Waals surface area (Å²) in [6.07, 6.45) is 1.51. The third-order valence-electron chi connectivity index (χ3n) is 6.34. The highest BCUT2D eigenvalue weighted by Crippen LogP contribution is 2.34. The molecule has 7 heteroatoms. The number of aryl methyl sites for hydroxylation is 1. The minimum Gasteiger partial charge on any atom is -0.445 e. The summed E-state index contributed by atoms with van der Waals surface area (Å²) in [5.41, 5.74) is 6.11. The van der Waals surface area contributed by atoms with E-state index in [0.29, 0.717) is 6.54 Å². The third-order valence-corrected chi connectivity index (χ3v) is 7.29. The number of rotatable bonds is 4. The molecule has 6 rings (SSSR count). The van der Waals surface area contributed by atoms with Gasteiger partial charge in [-0.3, -0.25) is 4.90 Å². The van der Waals surface area contributed by atoms with Gasteiger partial charge in [-0.2, -0.15) is 0 Å². The number of hydrogen-bond donors (Lipinski definition) is 1. The molecule has 170 valence electrons. The summed E-state index contributed by atoms with van der Waals surface area (Å²) in [5, 5.41) is 1.07. The topological polar surface area (TPSA) is 71.1 Å². The molecule has 2 aromatic heterocycles. The number of fused-ring (bicyclic) bond motifs is 2. The second-order valence-corrected chi connectivity index (χ2v) is 9.90. The van der Waals surface area contributed by atoms with E-state index in [1.807, 2.05) is 43.3 Å². The Morgan fingerprint density at radius 3 is 2.76 bits per heavy atom. The number of benzene rings is 3. The molecule has 0 radical (unpaired) electrons. The van der Waals surface area contributed by atoms with Gasteiger partial charge in [-0.1, -0.05) is 42.5 Å². The summed E-state index contributed by atoms with van der Waals surface area (Å²) in [5.74, 6) is 0.812. The van der Waals surface area contributed by atoms with Gasteiger partial charge in [0.1, 0.15) is 12.4 Å². The summed E-state index contributed by atoms with van der Waals surface area (Å²) in [6, 6.07) is 22.3. The summed E-state index contributed by atoms with van der Waals surface area (Å²) in [6.45, 7) is 2.98. The summed E-state index contributed by atoms with van der Waals surface area (Å²) in [7, 11) is 0. The Labute approximate surface area is 201 Å². The van der Waals surface area contributed by atoms with Gasteiger partial charge in [-0.25, -0.2) is 14.8 Å². The highest BCUT2D eigenvalue weighted by atomic mass is 32.1. The molecule has 1 atom stereocenters. The molecule has 1 aliphatic rings. The van der Waals surface area contributed by atoms with E-state index < -0.39 is 0 Å². The molecule has 0 saturated carbocycles. The van der Waals surface area contributed by atoms with Gasteiger partial charge in [-0.15, -0.1) is 11.3 Å². The normalized spacial score (nSPS) is 15.9. The van der Waals surface area contributed by atoms with Crippen LogP contribution in [0.3, 0.4) is 0 Å². The van der Waals surface area contributed by atoms with Crippen molar-refractivity contribution in [1.82, 2.24) is 19.9 Å². The van der Waals surface area contributed by atoms with Crippen LogP contribution in [0, 0.1) is 6.92 Å². The molecule has 34 heavy (non-hydrogen) atoms. The van der Waals surface area contributed by atoms with Gasteiger partial charge in [-0.05, 0) is 60.7 Å². The average Bonchev–Trinajstić information content (AvgIpc) is 3.58. The number of imidazole rings is 1. The minimum atomic E-state index is -0.292. The fraction of sp³-hybridized carbons (Fsp3) is 0.222. The lowest BCUT2D eigenvalue weighted by Gasteiger charge is -2.22. The Balaban J connectivity index is 1.24. The first kappa shape index (κ1) is 20.9. The van der Waals surface area contributed by atoms with Crippen LogP contribution in [0.4, 0.5) is 4.79 Å². The molecule has 3 heterocycles. The van der Waals surface area contributed by atoms with Crippen molar-refractivity contribution in [1.29, 1.82) is 0 Å². The summed E-state index contributed by atoms with van der Waals surface area (Å²) >= 11 is 1.71. The Bertz CT molecular complexity index is 1490. The Morgan fingerprint density at radius 2 is 1.88 bits per heavy atom. The molecule has 1 saturated heterocycles. The molecule has 1 amide bonds. The van der Waals surface area contributed by atoms with Crippen molar-refractivity contribution in [2.45, 2.75) is 32.4 Å². The van der Waals surface area contributed by atoms with E-state index in [2.05, 4.69) is 40.3 Å². The number of H-pyrrole nitrogens is 1. The van der Waals surface area contributed by atoms with Crippen molar-refractivity contribution in [2.75, 3.05) is 6.54 Å². The number of aromatic nitrogens is 3. The van der Waals surface area contributed by atoms with Crippen molar-refractivity contribution in [3.05, 3.63) is 83.1 Å². The number of hydrogen-bond acceptors (Lipinski definition) is 5. The van der Waals surface area contributed by atoms with Gasteiger partial charge >= 0.3 is 6.09 Å². The first-order valence-electron chi connectivity index (χ1n) is 11.5. The molecule has 3 aromatic carbocycles. The fourth-order valence-electron chi connectivity index (χ4n) is 4.66. The summed E-state index contributed by atoms with van der Waals surface area (Å²) < 4.78 is 6.79.